The van der Waals surface area contributed by atoms with Crippen LogP contribution in [0.4, 0.5) is 0 Å². The normalized spacial score (nSPS) is 25.4. The fraction of sp³-hybridized carbons (Fsp3) is 0.474. The van der Waals surface area contributed by atoms with E-state index >= 15 is 0 Å². The van der Waals surface area contributed by atoms with E-state index in [0.717, 1.165) is 35.1 Å². The number of aromatic hydroxyl groups is 1. The molecule has 2 aliphatic rings. The Kier molecular flexibility index (Phi) is 5.32. The van der Waals surface area contributed by atoms with E-state index in [4.69, 9.17) is 9.47 Å². The average molecular weight is 364 g/mol. The van der Waals surface area contributed by atoms with Crippen molar-refractivity contribution in [3.63, 3.8) is 0 Å². The van der Waals surface area contributed by atoms with Crippen molar-refractivity contribution in [2.24, 2.45) is 0 Å². The van der Waals surface area contributed by atoms with Crippen molar-refractivity contribution in [2.75, 3.05) is 26.1 Å². The molecule has 5 nitrogen and oxygen atoms in total. The quantitative estimate of drug-likeness (QED) is 0.786. The van der Waals surface area contributed by atoms with Gasteiger partial charge in [0.2, 0.25) is 0 Å². The molecule has 6 heteroatoms. The number of allylic oxidation sites excluding steroid dienone is 1. The van der Waals surface area contributed by atoms with Crippen LogP contribution in [0.1, 0.15) is 25.3 Å². The van der Waals surface area contributed by atoms with Crippen LogP contribution in [-0.2, 0) is 19.3 Å². The van der Waals surface area contributed by atoms with Crippen LogP contribution in [0.3, 0.4) is 0 Å². The van der Waals surface area contributed by atoms with Gasteiger partial charge in [0.25, 0.3) is 0 Å². The van der Waals surface area contributed by atoms with E-state index in [9.17, 15) is 13.5 Å². The Bertz CT molecular complexity index is 807. The van der Waals surface area contributed by atoms with E-state index in [1.54, 1.807) is 19.2 Å². The van der Waals surface area contributed by atoms with Crippen LogP contribution < -0.4 is 0 Å². The number of rotatable bonds is 6. The lowest BCUT2D eigenvalue weighted by atomic mass is 9.97. The van der Waals surface area contributed by atoms with Gasteiger partial charge in [0.15, 0.2) is 9.84 Å². The average Bonchev–Trinajstić information content (AvgIpc) is 3.06. The highest BCUT2D eigenvalue weighted by molar-refractivity contribution is 7.92. The van der Waals surface area contributed by atoms with Crippen molar-refractivity contribution in [2.45, 2.75) is 31.1 Å². The van der Waals surface area contributed by atoms with E-state index in [-0.39, 0.29) is 24.2 Å². The number of methoxy groups -OCH3 is 1. The number of hydrogen-bond acceptors (Lipinski definition) is 5. The summed E-state index contributed by atoms with van der Waals surface area (Å²) >= 11 is 0. The van der Waals surface area contributed by atoms with Crippen LogP contribution >= 0.6 is 0 Å². The fourth-order valence-electron chi connectivity index (χ4n) is 3.64. The van der Waals surface area contributed by atoms with Crippen LogP contribution in [0.15, 0.2) is 41.0 Å². The lowest BCUT2D eigenvalue weighted by Crippen LogP contribution is -2.19. The summed E-state index contributed by atoms with van der Waals surface area (Å²) in [4.78, 5) is 0. The molecule has 25 heavy (non-hydrogen) atoms. The van der Waals surface area contributed by atoms with Crippen LogP contribution in [0.5, 0.6) is 5.75 Å². The highest BCUT2D eigenvalue weighted by atomic mass is 32.2. The van der Waals surface area contributed by atoms with Gasteiger partial charge in [-0.15, -0.1) is 0 Å². The summed E-state index contributed by atoms with van der Waals surface area (Å²) in [7, 11) is -1.56. The van der Waals surface area contributed by atoms with E-state index < -0.39 is 15.1 Å². The predicted octanol–water partition coefficient (Wildman–Crippen LogP) is 2.71. The lowest BCUT2D eigenvalue weighted by Gasteiger charge is -2.14. The van der Waals surface area contributed by atoms with Crippen molar-refractivity contribution >= 4 is 15.9 Å². The molecule has 1 N–H and O–H groups in total. The first kappa shape index (κ1) is 18.2. The third-order valence-corrected chi connectivity index (χ3v) is 6.77. The van der Waals surface area contributed by atoms with Gasteiger partial charge in [-0.1, -0.05) is 23.8 Å². The number of hydrogen-bond donors (Lipinski definition) is 1. The maximum absolute atomic E-state index is 12.3. The summed E-state index contributed by atoms with van der Waals surface area (Å²) in [5, 5.41) is 9.05. The Labute approximate surface area is 148 Å². The largest absolute Gasteiger partial charge is 0.508 e. The first-order valence-corrected chi connectivity index (χ1v) is 10.1. The Balaban J connectivity index is 1.70. The van der Waals surface area contributed by atoms with Gasteiger partial charge in [-0.25, -0.2) is 8.42 Å². The van der Waals surface area contributed by atoms with Gasteiger partial charge in [-0.2, -0.15) is 0 Å². The Morgan fingerprint density at radius 1 is 1.44 bits per heavy atom. The van der Waals surface area contributed by atoms with E-state index in [1.165, 1.54) is 0 Å². The van der Waals surface area contributed by atoms with Crippen molar-refractivity contribution in [3.05, 3.63) is 46.5 Å². The van der Waals surface area contributed by atoms with Crippen LogP contribution in [0, 0.1) is 0 Å². The molecular formula is C19H24O5S. The van der Waals surface area contributed by atoms with Crippen LogP contribution in [0.25, 0.3) is 6.08 Å². The summed E-state index contributed by atoms with van der Waals surface area (Å²) < 4.78 is 35.5. The molecule has 0 bridgehead atoms. The first-order valence-electron chi connectivity index (χ1n) is 8.41. The fourth-order valence-corrected chi connectivity index (χ4v) is 5.57. The van der Waals surface area contributed by atoms with Crippen molar-refractivity contribution in [1.29, 1.82) is 0 Å². The second-order valence-corrected chi connectivity index (χ2v) is 8.92. The molecule has 136 valence electrons. The van der Waals surface area contributed by atoms with Crippen molar-refractivity contribution in [3.8, 4) is 5.75 Å². The summed E-state index contributed by atoms with van der Waals surface area (Å²) in [6.45, 7) is 2.64. The van der Waals surface area contributed by atoms with Crippen molar-refractivity contribution < 1.29 is 23.0 Å². The zero-order valence-electron chi connectivity index (χ0n) is 14.6. The zero-order valence-corrected chi connectivity index (χ0v) is 15.4. The van der Waals surface area contributed by atoms with E-state index in [0.29, 0.717) is 6.61 Å². The molecule has 2 atom stereocenters. The molecule has 3 rings (SSSR count). The number of phenols is 1. The van der Waals surface area contributed by atoms with Crippen LogP contribution in [-0.4, -0.2) is 51.0 Å². The monoisotopic (exact) mass is 364 g/mol. The molecule has 0 radical (unpaired) electrons. The molecule has 2 aliphatic heterocycles. The van der Waals surface area contributed by atoms with Gasteiger partial charge in [-0.3, -0.25) is 0 Å². The number of sulfone groups is 1. The lowest BCUT2D eigenvalue weighted by molar-refractivity contribution is 0.117. The summed E-state index contributed by atoms with van der Waals surface area (Å²) in [6, 6.07) is 7.11. The van der Waals surface area contributed by atoms with Gasteiger partial charge in [0.05, 0.1) is 25.1 Å². The maximum atomic E-state index is 12.3. The molecule has 0 spiro atoms. The molecule has 1 fully saturated rings. The highest BCUT2D eigenvalue weighted by Gasteiger charge is 2.46. The number of ether oxygens (including phenoxy) is 2. The molecule has 2 heterocycles. The predicted molar refractivity (Wildman–Crippen MR) is 97.2 cm³/mol. The minimum atomic E-state index is -3.14. The number of phenolic OH excluding ortho intramolecular Hbond substituents is 1. The SMILES string of the molecule is COCC1=C2[C@@H](CC/C(C)=C/c3cccc(O)c3)OC[C@@H]2S(=O)(=O)C1. The summed E-state index contributed by atoms with van der Waals surface area (Å²) in [6.07, 6.45) is 3.43. The van der Waals surface area contributed by atoms with Gasteiger partial charge in [-0.05, 0) is 48.6 Å². The number of fused-ring (bicyclic) bond motifs is 1. The van der Waals surface area contributed by atoms with Crippen LogP contribution in [0.2, 0.25) is 0 Å². The standard InChI is InChI=1S/C19H24O5S/c1-13(8-14-4-3-5-16(20)9-14)6-7-17-19-15(10-23-2)12-25(21,22)18(19)11-24-17/h3-5,8-9,17-18,20H,6-7,10-12H2,1-2H3/b13-8+/t17-,18+/m1/s1. The minimum absolute atomic E-state index is 0.0960. The van der Waals surface area contributed by atoms with E-state index in [1.807, 2.05) is 25.1 Å². The van der Waals surface area contributed by atoms with E-state index in [2.05, 4.69) is 0 Å². The van der Waals surface area contributed by atoms with Gasteiger partial charge < -0.3 is 14.6 Å². The third kappa shape index (κ3) is 3.97. The molecule has 1 aromatic carbocycles. The topological polar surface area (TPSA) is 72.8 Å². The smallest absolute Gasteiger partial charge is 0.163 e. The maximum Gasteiger partial charge on any atom is 0.163 e. The first-order chi connectivity index (χ1) is 11.9. The molecule has 1 aromatic rings. The Morgan fingerprint density at radius 2 is 2.24 bits per heavy atom. The molecule has 0 unspecified atom stereocenters. The van der Waals surface area contributed by atoms with Gasteiger partial charge in [0, 0.05) is 7.11 Å². The van der Waals surface area contributed by atoms with Gasteiger partial charge >= 0.3 is 0 Å². The second kappa shape index (κ2) is 7.32. The molecule has 0 saturated carbocycles. The highest BCUT2D eigenvalue weighted by Crippen LogP contribution is 2.38. The third-order valence-electron chi connectivity index (χ3n) is 4.76. The molecule has 1 saturated heterocycles. The minimum Gasteiger partial charge on any atom is -0.508 e. The van der Waals surface area contributed by atoms with Crippen molar-refractivity contribution in [1.82, 2.24) is 0 Å². The number of benzene rings is 1. The zero-order chi connectivity index (χ0) is 18.0. The molecule has 0 aromatic heterocycles. The molecule has 0 aliphatic carbocycles. The second-order valence-electron chi connectivity index (χ2n) is 6.73. The summed E-state index contributed by atoms with van der Waals surface area (Å²) in [5.74, 6) is 0.341. The molecular weight excluding hydrogens is 340 g/mol. The van der Waals surface area contributed by atoms with Gasteiger partial charge in [0.1, 0.15) is 11.0 Å². The Hall–Kier alpha value is -1.63. The Morgan fingerprint density at radius 3 is 2.96 bits per heavy atom. The summed E-state index contributed by atoms with van der Waals surface area (Å²) in [5.41, 5.74) is 3.90. The molecule has 0 amide bonds.